The summed E-state index contributed by atoms with van der Waals surface area (Å²) < 4.78 is 17.6. The molecule has 3 fully saturated rings. The van der Waals surface area contributed by atoms with Crippen LogP contribution in [-0.4, -0.2) is 77.8 Å². The van der Waals surface area contributed by atoms with Gasteiger partial charge in [-0.05, 0) is 35.9 Å². The van der Waals surface area contributed by atoms with Crippen molar-refractivity contribution in [2.75, 3.05) is 67.3 Å². The average Bonchev–Trinajstić information content (AvgIpc) is 3.27. The van der Waals surface area contributed by atoms with E-state index >= 15 is 0 Å². The lowest BCUT2D eigenvalue weighted by Gasteiger charge is -2.30. The molecule has 1 aromatic heterocycles. The summed E-state index contributed by atoms with van der Waals surface area (Å²) in [6, 6.07) is 17.1. The second-order valence-corrected chi connectivity index (χ2v) is 10.6. The van der Waals surface area contributed by atoms with E-state index in [2.05, 4.69) is 19.8 Å². The van der Waals surface area contributed by atoms with Crippen LogP contribution in [0.4, 0.5) is 17.6 Å². The Morgan fingerprint density at radius 3 is 2.00 bits per heavy atom. The molecule has 0 unspecified atom stereocenters. The van der Waals surface area contributed by atoms with Crippen LogP contribution in [0, 0.1) is 0 Å². The minimum absolute atomic E-state index is 0.131. The highest BCUT2D eigenvalue weighted by Gasteiger charge is 2.33. The van der Waals surface area contributed by atoms with Crippen molar-refractivity contribution in [3.63, 3.8) is 0 Å². The number of amides is 1. The molecule has 0 spiro atoms. The smallest absolute Gasteiger partial charge is 0.328 e. The first-order valence-corrected chi connectivity index (χ1v) is 13.9. The third-order valence-corrected chi connectivity index (χ3v) is 7.68. The zero-order valence-electron chi connectivity index (χ0n) is 21.1. The van der Waals surface area contributed by atoms with Crippen LogP contribution >= 0.6 is 24.0 Å². The summed E-state index contributed by atoms with van der Waals surface area (Å²) in [5.74, 6) is 1.59. The Morgan fingerprint density at radius 1 is 0.821 bits per heavy atom. The quantitative estimate of drug-likeness (QED) is 0.325. The molecule has 3 aromatic rings. The molecule has 200 valence electrons. The predicted octanol–water partition coefficient (Wildman–Crippen LogP) is 3.74. The standard InChI is InChI=1S/C27H26N6O4S2/c34-23-22(39-27(38)33(23)20-4-2-1-3-5-20)18-19-6-8-21(9-7-19)37-26-29-24(31-10-14-35-15-11-31)28-25(30-26)32-12-16-36-17-13-32/h1-9,18H,10-17H2/b22-18+. The minimum atomic E-state index is -0.131. The van der Waals surface area contributed by atoms with Gasteiger partial charge in [0.05, 0.1) is 37.0 Å². The van der Waals surface area contributed by atoms with Gasteiger partial charge in [0.15, 0.2) is 4.32 Å². The van der Waals surface area contributed by atoms with E-state index < -0.39 is 0 Å². The van der Waals surface area contributed by atoms with Crippen molar-refractivity contribution in [3.05, 3.63) is 65.1 Å². The molecular formula is C27H26N6O4S2. The number of aromatic nitrogens is 3. The van der Waals surface area contributed by atoms with Crippen molar-refractivity contribution in [1.82, 2.24) is 15.0 Å². The van der Waals surface area contributed by atoms with Gasteiger partial charge in [-0.2, -0.15) is 15.0 Å². The fraction of sp³-hybridized carbons (Fsp3) is 0.296. The monoisotopic (exact) mass is 562 g/mol. The molecule has 10 nitrogen and oxygen atoms in total. The van der Waals surface area contributed by atoms with Crippen molar-refractivity contribution in [1.29, 1.82) is 0 Å². The van der Waals surface area contributed by atoms with Gasteiger partial charge in [-0.1, -0.05) is 54.3 Å². The number of hydrogen-bond donors (Lipinski definition) is 0. The Kier molecular flexibility index (Phi) is 7.68. The zero-order valence-corrected chi connectivity index (χ0v) is 22.7. The third kappa shape index (κ3) is 5.88. The van der Waals surface area contributed by atoms with E-state index in [0.29, 0.717) is 79.5 Å². The highest BCUT2D eigenvalue weighted by atomic mass is 32.2. The summed E-state index contributed by atoms with van der Waals surface area (Å²) in [7, 11) is 0. The summed E-state index contributed by atoms with van der Waals surface area (Å²) in [4.78, 5) is 33.2. The van der Waals surface area contributed by atoms with Crippen LogP contribution in [0.2, 0.25) is 0 Å². The third-order valence-electron chi connectivity index (χ3n) is 6.37. The predicted molar refractivity (Wildman–Crippen MR) is 155 cm³/mol. The van der Waals surface area contributed by atoms with Gasteiger partial charge in [0.1, 0.15) is 5.75 Å². The number of anilines is 3. The van der Waals surface area contributed by atoms with Crippen molar-refractivity contribution in [3.8, 4) is 11.8 Å². The fourth-order valence-corrected chi connectivity index (χ4v) is 5.65. The van der Waals surface area contributed by atoms with E-state index in [-0.39, 0.29) is 11.9 Å². The first-order valence-electron chi connectivity index (χ1n) is 12.7. The number of morpholine rings is 2. The molecule has 12 heteroatoms. The van der Waals surface area contributed by atoms with Gasteiger partial charge in [-0.15, -0.1) is 0 Å². The molecular weight excluding hydrogens is 536 g/mol. The second-order valence-electron chi connectivity index (χ2n) is 8.94. The Morgan fingerprint density at radius 2 is 1.41 bits per heavy atom. The SMILES string of the molecule is O=C1/C(=C\c2ccc(Oc3nc(N4CCOCC4)nc(N4CCOCC4)n3)cc2)SC(=S)N1c1ccccc1. The number of rotatable bonds is 6. The number of carbonyl (C=O) groups is 1. The van der Waals surface area contributed by atoms with Crippen LogP contribution < -0.4 is 19.4 Å². The van der Waals surface area contributed by atoms with Crippen molar-refractivity contribution in [2.24, 2.45) is 0 Å². The molecule has 1 amide bonds. The maximum absolute atomic E-state index is 13.0. The minimum Gasteiger partial charge on any atom is -0.424 e. The zero-order chi connectivity index (χ0) is 26.6. The summed E-state index contributed by atoms with van der Waals surface area (Å²) in [6.07, 6.45) is 1.84. The van der Waals surface area contributed by atoms with E-state index in [4.69, 9.17) is 31.4 Å². The number of para-hydroxylation sites is 1. The second kappa shape index (κ2) is 11.7. The topological polar surface area (TPSA) is 93.1 Å². The van der Waals surface area contributed by atoms with Crippen LogP contribution in [0.25, 0.3) is 6.08 Å². The van der Waals surface area contributed by atoms with E-state index in [1.165, 1.54) is 11.8 Å². The van der Waals surface area contributed by atoms with Crippen molar-refractivity contribution < 1.29 is 19.0 Å². The van der Waals surface area contributed by atoms with Gasteiger partial charge in [0.25, 0.3) is 5.91 Å². The Hall–Kier alpha value is -3.58. The van der Waals surface area contributed by atoms with E-state index in [9.17, 15) is 4.79 Å². The molecule has 6 rings (SSSR count). The van der Waals surface area contributed by atoms with Crippen LogP contribution in [0.3, 0.4) is 0 Å². The van der Waals surface area contributed by atoms with E-state index in [1.807, 2.05) is 60.7 Å². The van der Waals surface area contributed by atoms with Gasteiger partial charge in [0.2, 0.25) is 11.9 Å². The molecule has 39 heavy (non-hydrogen) atoms. The molecule has 2 aromatic carbocycles. The average molecular weight is 563 g/mol. The lowest BCUT2D eigenvalue weighted by atomic mass is 10.2. The van der Waals surface area contributed by atoms with Crippen LogP contribution in [0.5, 0.6) is 11.8 Å². The van der Waals surface area contributed by atoms with Gasteiger partial charge in [0, 0.05) is 26.2 Å². The number of ether oxygens (including phenoxy) is 3. The van der Waals surface area contributed by atoms with Crippen LogP contribution in [0.1, 0.15) is 5.56 Å². The van der Waals surface area contributed by atoms with Gasteiger partial charge < -0.3 is 24.0 Å². The van der Waals surface area contributed by atoms with E-state index in [0.717, 1.165) is 11.3 Å². The van der Waals surface area contributed by atoms with E-state index in [1.54, 1.807) is 4.90 Å². The summed E-state index contributed by atoms with van der Waals surface area (Å²) >= 11 is 6.76. The maximum atomic E-state index is 13.0. The molecule has 3 aliphatic heterocycles. The van der Waals surface area contributed by atoms with Crippen LogP contribution in [0.15, 0.2) is 59.5 Å². The summed E-state index contributed by atoms with van der Waals surface area (Å²) in [5, 5.41) is 0. The number of thiocarbonyl (C=S) groups is 1. The molecule has 0 N–H and O–H groups in total. The molecule has 3 aliphatic rings. The Bertz CT molecular complexity index is 1340. The first kappa shape index (κ1) is 25.7. The van der Waals surface area contributed by atoms with Crippen molar-refractivity contribution >= 4 is 57.9 Å². The maximum Gasteiger partial charge on any atom is 0.328 e. The van der Waals surface area contributed by atoms with Gasteiger partial charge in [-0.3, -0.25) is 9.69 Å². The van der Waals surface area contributed by atoms with Gasteiger partial charge >= 0.3 is 6.01 Å². The Balaban J connectivity index is 1.20. The molecule has 3 saturated heterocycles. The summed E-state index contributed by atoms with van der Waals surface area (Å²) in [6.45, 7) is 5.32. The molecule has 0 aliphatic carbocycles. The fourth-order valence-electron chi connectivity index (χ4n) is 4.35. The molecule has 0 bridgehead atoms. The number of thioether (sulfide) groups is 1. The number of nitrogens with zero attached hydrogens (tertiary/aromatic N) is 6. The number of carbonyl (C=O) groups excluding carboxylic acids is 1. The molecule has 4 heterocycles. The lowest BCUT2D eigenvalue weighted by molar-refractivity contribution is -0.113. The largest absolute Gasteiger partial charge is 0.424 e. The highest BCUT2D eigenvalue weighted by Crippen LogP contribution is 2.36. The Labute approximate surface area is 235 Å². The highest BCUT2D eigenvalue weighted by molar-refractivity contribution is 8.27. The lowest BCUT2D eigenvalue weighted by Crippen LogP contribution is -2.40. The first-order chi connectivity index (χ1) is 19.1. The van der Waals surface area contributed by atoms with Crippen molar-refractivity contribution in [2.45, 2.75) is 0 Å². The molecule has 0 saturated carbocycles. The van der Waals surface area contributed by atoms with Crippen LogP contribution in [-0.2, 0) is 14.3 Å². The summed E-state index contributed by atoms with van der Waals surface area (Å²) in [5.41, 5.74) is 1.62. The van der Waals surface area contributed by atoms with Gasteiger partial charge in [-0.25, -0.2) is 0 Å². The molecule has 0 atom stereocenters. The molecule has 0 radical (unpaired) electrons. The normalized spacial score (nSPS) is 19.2. The number of benzene rings is 2. The number of hydrogen-bond acceptors (Lipinski definition) is 11.